The normalized spacial score (nSPS) is 13.5. The summed E-state index contributed by atoms with van der Waals surface area (Å²) in [6.45, 7) is 7.58. The molecule has 31 heavy (non-hydrogen) atoms. The van der Waals surface area contributed by atoms with Crippen molar-refractivity contribution in [3.8, 4) is 11.5 Å². The maximum Gasteiger partial charge on any atom is 0.257 e. The minimum atomic E-state index is -0.211. The van der Waals surface area contributed by atoms with E-state index in [-0.39, 0.29) is 5.91 Å². The summed E-state index contributed by atoms with van der Waals surface area (Å²) >= 11 is 1.45. The Morgan fingerprint density at radius 1 is 1.10 bits per heavy atom. The zero-order chi connectivity index (χ0) is 21.6. The van der Waals surface area contributed by atoms with Crippen LogP contribution in [0.4, 0.5) is 5.13 Å². The van der Waals surface area contributed by atoms with Crippen molar-refractivity contribution in [1.29, 1.82) is 0 Å². The van der Waals surface area contributed by atoms with E-state index >= 15 is 0 Å². The predicted molar refractivity (Wildman–Crippen MR) is 123 cm³/mol. The van der Waals surface area contributed by atoms with Gasteiger partial charge in [-0.2, -0.15) is 0 Å². The van der Waals surface area contributed by atoms with E-state index in [2.05, 4.69) is 39.5 Å². The highest BCUT2D eigenvalue weighted by atomic mass is 32.1. The third-order valence-corrected chi connectivity index (χ3v) is 5.98. The van der Waals surface area contributed by atoms with Gasteiger partial charge in [0.25, 0.3) is 5.91 Å². The van der Waals surface area contributed by atoms with Crippen LogP contribution in [0.1, 0.15) is 41.0 Å². The van der Waals surface area contributed by atoms with Gasteiger partial charge in [-0.3, -0.25) is 15.0 Å². The monoisotopic (exact) mass is 437 g/mol. The Morgan fingerprint density at radius 2 is 1.87 bits per heavy atom. The largest absolute Gasteiger partial charge is 0.490 e. The first kappa shape index (κ1) is 21.3. The SMILES string of the molecule is CCOc1ccc(C(=O)Nc2nc(CN3CCc4ccccc4C3)cs2)cc1OCC. The topological polar surface area (TPSA) is 63.7 Å². The maximum atomic E-state index is 12.7. The number of carbonyl (C=O) groups is 1. The molecule has 0 atom stereocenters. The third kappa shape index (κ3) is 5.24. The van der Waals surface area contributed by atoms with Crippen molar-refractivity contribution in [2.24, 2.45) is 0 Å². The highest BCUT2D eigenvalue weighted by Crippen LogP contribution is 2.29. The third-order valence-electron chi connectivity index (χ3n) is 5.17. The Labute approximate surface area is 186 Å². The molecular formula is C24H27N3O3S. The fourth-order valence-electron chi connectivity index (χ4n) is 3.72. The second-order valence-electron chi connectivity index (χ2n) is 7.36. The van der Waals surface area contributed by atoms with Crippen LogP contribution in [0.2, 0.25) is 0 Å². The lowest BCUT2D eigenvalue weighted by Gasteiger charge is -2.27. The molecule has 6 nitrogen and oxygen atoms in total. The molecule has 3 aromatic rings. The molecule has 0 fully saturated rings. The number of carbonyl (C=O) groups excluding carboxylic acids is 1. The highest BCUT2D eigenvalue weighted by molar-refractivity contribution is 7.14. The summed E-state index contributed by atoms with van der Waals surface area (Å²) in [4.78, 5) is 19.7. The number of nitrogens with zero attached hydrogens (tertiary/aromatic N) is 2. The summed E-state index contributed by atoms with van der Waals surface area (Å²) in [5.74, 6) is 1.000. The first-order valence-corrected chi connectivity index (χ1v) is 11.5. The van der Waals surface area contributed by atoms with E-state index in [0.717, 1.165) is 31.7 Å². The van der Waals surface area contributed by atoms with Crippen molar-refractivity contribution >= 4 is 22.4 Å². The second-order valence-corrected chi connectivity index (χ2v) is 8.21. The fourth-order valence-corrected chi connectivity index (χ4v) is 4.41. The molecule has 0 bridgehead atoms. The van der Waals surface area contributed by atoms with Gasteiger partial charge in [-0.15, -0.1) is 11.3 Å². The number of benzene rings is 2. The molecule has 1 N–H and O–H groups in total. The van der Waals surface area contributed by atoms with Crippen LogP contribution in [0.15, 0.2) is 47.8 Å². The van der Waals surface area contributed by atoms with Gasteiger partial charge in [0, 0.05) is 30.6 Å². The number of anilines is 1. The number of nitrogens with one attached hydrogen (secondary N) is 1. The number of amides is 1. The summed E-state index contributed by atoms with van der Waals surface area (Å²) in [7, 11) is 0. The number of rotatable bonds is 8. The Hall–Kier alpha value is -2.90. The first-order valence-electron chi connectivity index (χ1n) is 10.6. The van der Waals surface area contributed by atoms with Gasteiger partial charge in [0.1, 0.15) is 0 Å². The number of hydrogen-bond acceptors (Lipinski definition) is 6. The number of aromatic nitrogens is 1. The molecule has 1 aliphatic heterocycles. The highest BCUT2D eigenvalue weighted by Gasteiger charge is 2.18. The molecular weight excluding hydrogens is 410 g/mol. The number of thiazole rings is 1. The van der Waals surface area contributed by atoms with E-state index in [9.17, 15) is 4.79 Å². The zero-order valence-corrected chi connectivity index (χ0v) is 18.7. The Balaban J connectivity index is 1.39. The molecule has 162 valence electrons. The van der Waals surface area contributed by atoms with Gasteiger partial charge in [-0.25, -0.2) is 4.98 Å². The average Bonchev–Trinajstić information content (AvgIpc) is 3.21. The summed E-state index contributed by atoms with van der Waals surface area (Å²) < 4.78 is 11.2. The van der Waals surface area contributed by atoms with Gasteiger partial charge < -0.3 is 9.47 Å². The smallest absolute Gasteiger partial charge is 0.257 e. The lowest BCUT2D eigenvalue weighted by Crippen LogP contribution is -2.30. The minimum absolute atomic E-state index is 0.211. The number of ether oxygens (including phenoxy) is 2. The molecule has 0 saturated heterocycles. The van der Waals surface area contributed by atoms with Crippen molar-refractivity contribution in [2.45, 2.75) is 33.4 Å². The molecule has 2 heterocycles. The molecule has 1 aromatic heterocycles. The Kier molecular flexibility index (Phi) is 6.84. The molecule has 0 aliphatic carbocycles. The van der Waals surface area contributed by atoms with Crippen LogP contribution in [0, 0.1) is 0 Å². The predicted octanol–water partition coefficient (Wildman–Crippen LogP) is 4.75. The van der Waals surface area contributed by atoms with Crippen LogP contribution in [-0.2, 0) is 19.5 Å². The van der Waals surface area contributed by atoms with Crippen LogP contribution in [0.3, 0.4) is 0 Å². The summed E-state index contributed by atoms with van der Waals surface area (Å²) in [5, 5.41) is 5.52. The van der Waals surface area contributed by atoms with Crippen molar-refractivity contribution < 1.29 is 14.3 Å². The quantitative estimate of drug-likeness (QED) is 0.551. The molecule has 0 unspecified atom stereocenters. The number of hydrogen-bond donors (Lipinski definition) is 1. The van der Waals surface area contributed by atoms with Gasteiger partial charge in [-0.1, -0.05) is 24.3 Å². The van der Waals surface area contributed by atoms with Crippen molar-refractivity contribution in [2.75, 3.05) is 25.1 Å². The van der Waals surface area contributed by atoms with E-state index < -0.39 is 0 Å². The molecule has 0 saturated carbocycles. The molecule has 2 aromatic carbocycles. The molecule has 4 rings (SSSR count). The zero-order valence-electron chi connectivity index (χ0n) is 17.9. The van der Waals surface area contributed by atoms with Crippen molar-refractivity contribution in [1.82, 2.24) is 9.88 Å². The van der Waals surface area contributed by atoms with Gasteiger partial charge >= 0.3 is 0 Å². The molecule has 7 heteroatoms. The summed E-state index contributed by atoms with van der Waals surface area (Å²) in [5.41, 5.74) is 4.31. The van der Waals surface area contributed by atoms with E-state index in [1.807, 2.05) is 19.2 Å². The minimum Gasteiger partial charge on any atom is -0.490 e. The molecule has 1 aliphatic rings. The van der Waals surface area contributed by atoms with Crippen LogP contribution >= 0.6 is 11.3 Å². The summed E-state index contributed by atoms with van der Waals surface area (Å²) in [6, 6.07) is 13.8. The molecule has 0 radical (unpaired) electrons. The van der Waals surface area contributed by atoms with Crippen molar-refractivity contribution in [3.05, 3.63) is 70.2 Å². The van der Waals surface area contributed by atoms with Gasteiger partial charge in [0.05, 0.1) is 18.9 Å². The standard InChI is InChI=1S/C24H27N3O3S/c1-3-29-21-10-9-18(13-22(21)30-4-2)23(28)26-24-25-20(16-31-24)15-27-12-11-17-7-5-6-8-19(17)14-27/h5-10,13,16H,3-4,11-12,14-15H2,1-2H3,(H,25,26,28). The van der Waals surface area contributed by atoms with Crippen molar-refractivity contribution in [3.63, 3.8) is 0 Å². The van der Waals surface area contributed by atoms with E-state index in [0.29, 0.717) is 35.4 Å². The molecule has 0 spiro atoms. The van der Waals surface area contributed by atoms with Gasteiger partial charge in [-0.05, 0) is 49.6 Å². The lowest BCUT2D eigenvalue weighted by molar-refractivity contribution is 0.102. The van der Waals surface area contributed by atoms with Crippen LogP contribution < -0.4 is 14.8 Å². The first-order chi connectivity index (χ1) is 15.2. The van der Waals surface area contributed by atoms with Crippen LogP contribution in [0.5, 0.6) is 11.5 Å². The van der Waals surface area contributed by atoms with E-state index in [1.54, 1.807) is 18.2 Å². The Morgan fingerprint density at radius 3 is 2.68 bits per heavy atom. The fraction of sp³-hybridized carbons (Fsp3) is 0.333. The van der Waals surface area contributed by atoms with Gasteiger partial charge in [0.15, 0.2) is 16.6 Å². The molecule has 1 amide bonds. The van der Waals surface area contributed by atoms with Crippen LogP contribution in [-0.4, -0.2) is 35.5 Å². The van der Waals surface area contributed by atoms with Crippen LogP contribution in [0.25, 0.3) is 0 Å². The van der Waals surface area contributed by atoms with Gasteiger partial charge in [0.2, 0.25) is 0 Å². The van der Waals surface area contributed by atoms with E-state index in [1.165, 1.54) is 22.5 Å². The number of fused-ring (bicyclic) bond motifs is 1. The van der Waals surface area contributed by atoms with E-state index in [4.69, 9.17) is 9.47 Å². The maximum absolute atomic E-state index is 12.7. The summed E-state index contributed by atoms with van der Waals surface area (Å²) in [6.07, 6.45) is 1.06. The lowest BCUT2D eigenvalue weighted by atomic mass is 10.00. The average molecular weight is 438 g/mol. The Bertz CT molecular complexity index is 1050. The second kappa shape index (κ2) is 9.94.